The third kappa shape index (κ3) is 3.82. The average molecular weight is 357 g/mol. The molecule has 0 N–H and O–H groups in total. The Hall–Kier alpha value is -1.76. The molecule has 0 atom stereocenters. The molecule has 2 aromatic rings. The SMILES string of the molecule is Cc1cc(C)cc(-n2nc(C3CCOCC3)nc2C2COCCOC2)c1. The number of hydrogen-bond acceptors (Lipinski definition) is 5. The second-order valence-electron chi connectivity index (χ2n) is 7.32. The van der Waals surface area contributed by atoms with E-state index < -0.39 is 0 Å². The third-order valence-electron chi connectivity index (χ3n) is 5.06. The van der Waals surface area contributed by atoms with Gasteiger partial charge in [0, 0.05) is 19.1 Å². The van der Waals surface area contributed by atoms with Crippen LogP contribution < -0.4 is 0 Å². The molecule has 2 fully saturated rings. The van der Waals surface area contributed by atoms with Gasteiger partial charge in [0.2, 0.25) is 0 Å². The van der Waals surface area contributed by atoms with Crippen LogP contribution in [0.1, 0.15) is 47.5 Å². The summed E-state index contributed by atoms with van der Waals surface area (Å²) in [5, 5.41) is 4.93. The van der Waals surface area contributed by atoms with E-state index >= 15 is 0 Å². The van der Waals surface area contributed by atoms with Crippen molar-refractivity contribution < 1.29 is 14.2 Å². The molecular formula is C20H27N3O3. The van der Waals surface area contributed by atoms with Gasteiger partial charge >= 0.3 is 0 Å². The molecule has 0 amide bonds. The lowest BCUT2D eigenvalue weighted by atomic mass is 10.00. The number of aryl methyl sites for hydroxylation is 2. The maximum absolute atomic E-state index is 5.73. The Morgan fingerprint density at radius 1 is 0.846 bits per heavy atom. The van der Waals surface area contributed by atoms with Crippen molar-refractivity contribution >= 4 is 0 Å². The molecule has 6 nitrogen and oxygen atoms in total. The van der Waals surface area contributed by atoms with Crippen LogP contribution in [0.2, 0.25) is 0 Å². The van der Waals surface area contributed by atoms with Crippen LogP contribution in [0.4, 0.5) is 0 Å². The Labute approximate surface area is 154 Å². The monoisotopic (exact) mass is 357 g/mol. The van der Waals surface area contributed by atoms with Gasteiger partial charge in [-0.05, 0) is 49.9 Å². The lowest BCUT2D eigenvalue weighted by Gasteiger charge is -2.18. The molecule has 3 heterocycles. The van der Waals surface area contributed by atoms with Crippen LogP contribution in [0.15, 0.2) is 18.2 Å². The molecular weight excluding hydrogens is 330 g/mol. The Balaban J connectivity index is 1.75. The van der Waals surface area contributed by atoms with Gasteiger partial charge in [0.15, 0.2) is 5.82 Å². The molecule has 2 saturated heterocycles. The van der Waals surface area contributed by atoms with Crippen molar-refractivity contribution in [1.82, 2.24) is 14.8 Å². The van der Waals surface area contributed by atoms with Crippen LogP contribution in [0.5, 0.6) is 0 Å². The van der Waals surface area contributed by atoms with Gasteiger partial charge in [0.1, 0.15) is 5.82 Å². The molecule has 2 aliphatic rings. The van der Waals surface area contributed by atoms with Gasteiger partial charge in [-0.3, -0.25) is 0 Å². The molecule has 2 aliphatic heterocycles. The number of nitrogens with zero attached hydrogens (tertiary/aromatic N) is 3. The zero-order valence-electron chi connectivity index (χ0n) is 15.6. The van der Waals surface area contributed by atoms with Gasteiger partial charge in [-0.1, -0.05) is 6.07 Å². The molecule has 6 heteroatoms. The minimum atomic E-state index is 0.0967. The van der Waals surface area contributed by atoms with E-state index in [-0.39, 0.29) is 5.92 Å². The molecule has 140 valence electrons. The quantitative estimate of drug-likeness (QED) is 0.845. The number of aromatic nitrogens is 3. The standard InChI is InChI=1S/C20H27N3O3/c1-14-9-15(2)11-18(10-14)23-20(17-12-25-7-8-26-13-17)21-19(22-23)16-3-5-24-6-4-16/h9-11,16-17H,3-8,12-13H2,1-2H3. The van der Waals surface area contributed by atoms with E-state index in [0.29, 0.717) is 32.3 Å². The summed E-state index contributed by atoms with van der Waals surface area (Å²) in [6.07, 6.45) is 1.96. The molecule has 1 aromatic carbocycles. The molecule has 0 radical (unpaired) electrons. The first-order valence-electron chi connectivity index (χ1n) is 9.49. The first-order chi connectivity index (χ1) is 12.7. The molecule has 1 aromatic heterocycles. The predicted molar refractivity (Wildman–Crippen MR) is 98.0 cm³/mol. The van der Waals surface area contributed by atoms with Crippen molar-refractivity contribution in [3.8, 4) is 5.69 Å². The highest BCUT2D eigenvalue weighted by Crippen LogP contribution is 2.28. The zero-order chi connectivity index (χ0) is 17.9. The first kappa shape index (κ1) is 17.6. The summed E-state index contributed by atoms with van der Waals surface area (Å²) in [5.41, 5.74) is 3.51. The molecule has 4 rings (SSSR count). The molecule has 0 saturated carbocycles. The van der Waals surface area contributed by atoms with Gasteiger partial charge in [0.05, 0.1) is 38.0 Å². The van der Waals surface area contributed by atoms with Gasteiger partial charge < -0.3 is 14.2 Å². The summed E-state index contributed by atoms with van der Waals surface area (Å²) in [6, 6.07) is 6.51. The van der Waals surface area contributed by atoms with E-state index in [1.807, 2.05) is 4.68 Å². The average Bonchev–Trinajstić information content (AvgIpc) is 2.90. The maximum atomic E-state index is 5.73. The highest BCUT2D eigenvalue weighted by Gasteiger charge is 2.27. The Morgan fingerprint density at radius 3 is 2.15 bits per heavy atom. The fourth-order valence-corrected chi connectivity index (χ4v) is 3.76. The summed E-state index contributed by atoms with van der Waals surface area (Å²) < 4.78 is 19.0. The molecule has 26 heavy (non-hydrogen) atoms. The predicted octanol–water partition coefficient (Wildman–Crippen LogP) is 2.91. The smallest absolute Gasteiger partial charge is 0.154 e. The molecule has 0 unspecified atom stereocenters. The van der Waals surface area contributed by atoms with Gasteiger partial charge in [-0.15, -0.1) is 0 Å². The van der Waals surface area contributed by atoms with Gasteiger partial charge in [-0.2, -0.15) is 5.10 Å². The van der Waals surface area contributed by atoms with Crippen molar-refractivity contribution in [2.45, 2.75) is 38.5 Å². The highest BCUT2D eigenvalue weighted by atomic mass is 16.5. The van der Waals surface area contributed by atoms with Crippen molar-refractivity contribution in [2.75, 3.05) is 39.6 Å². The van der Waals surface area contributed by atoms with Crippen molar-refractivity contribution in [1.29, 1.82) is 0 Å². The van der Waals surface area contributed by atoms with E-state index in [0.717, 1.165) is 43.4 Å². The summed E-state index contributed by atoms with van der Waals surface area (Å²) >= 11 is 0. The minimum Gasteiger partial charge on any atom is -0.381 e. The van der Waals surface area contributed by atoms with Crippen LogP contribution in [-0.4, -0.2) is 54.4 Å². The highest BCUT2D eigenvalue weighted by molar-refractivity contribution is 5.40. The van der Waals surface area contributed by atoms with Crippen molar-refractivity contribution in [3.05, 3.63) is 41.0 Å². The van der Waals surface area contributed by atoms with Crippen LogP contribution in [0, 0.1) is 13.8 Å². The fraction of sp³-hybridized carbons (Fsp3) is 0.600. The van der Waals surface area contributed by atoms with Crippen LogP contribution in [0.3, 0.4) is 0 Å². The fourth-order valence-electron chi connectivity index (χ4n) is 3.76. The normalized spacial score (nSPS) is 20.2. The number of rotatable bonds is 3. The summed E-state index contributed by atoms with van der Waals surface area (Å²) in [5.74, 6) is 2.33. The topological polar surface area (TPSA) is 58.4 Å². The molecule has 0 bridgehead atoms. The third-order valence-corrected chi connectivity index (χ3v) is 5.06. The maximum Gasteiger partial charge on any atom is 0.154 e. The van der Waals surface area contributed by atoms with E-state index in [1.54, 1.807) is 0 Å². The van der Waals surface area contributed by atoms with E-state index in [4.69, 9.17) is 24.3 Å². The zero-order valence-corrected chi connectivity index (χ0v) is 15.6. The number of ether oxygens (including phenoxy) is 3. The van der Waals surface area contributed by atoms with E-state index in [1.165, 1.54) is 11.1 Å². The van der Waals surface area contributed by atoms with E-state index in [9.17, 15) is 0 Å². The van der Waals surface area contributed by atoms with Gasteiger partial charge in [-0.25, -0.2) is 9.67 Å². The molecule has 0 spiro atoms. The lowest BCUT2D eigenvalue weighted by Crippen LogP contribution is -2.16. The van der Waals surface area contributed by atoms with Crippen LogP contribution in [-0.2, 0) is 14.2 Å². The summed E-state index contributed by atoms with van der Waals surface area (Å²) in [7, 11) is 0. The van der Waals surface area contributed by atoms with Gasteiger partial charge in [0.25, 0.3) is 0 Å². The first-order valence-corrected chi connectivity index (χ1v) is 9.49. The van der Waals surface area contributed by atoms with Crippen LogP contribution >= 0.6 is 0 Å². The van der Waals surface area contributed by atoms with Crippen LogP contribution in [0.25, 0.3) is 5.69 Å². The second-order valence-corrected chi connectivity index (χ2v) is 7.32. The van der Waals surface area contributed by atoms with Crippen molar-refractivity contribution in [3.63, 3.8) is 0 Å². The largest absolute Gasteiger partial charge is 0.381 e. The summed E-state index contributed by atoms with van der Waals surface area (Å²) in [4.78, 5) is 4.97. The number of hydrogen-bond donors (Lipinski definition) is 0. The Bertz CT molecular complexity index is 725. The summed E-state index contributed by atoms with van der Waals surface area (Å²) in [6.45, 7) is 8.33. The van der Waals surface area contributed by atoms with E-state index in [2.05, 4.69) is 32.0 Å². The minimum absolute atomic E-state index is 0.0967. The van der Waals surface area contributed by atoms with Crippen molar-refractivity contribution in [2.24, 2.45) is 0 Å². The number of benzene rings is 1. The molecule has 0 aliphatic carbocycles. The Morgan fingerprint density at radius 2 is 1.50 bits per heavy atom. The lowest BCUT2D eigenvalue weighted by molar-refractivity contribution is 0.0835. The Kier molecular flexibility index (Phi) is 5.33. The second kappa shape index (κ2) is 7.86.